The zero-order valence-corrected chi connectivity index (χ0v) is 10.0. The van der Waals surface area contributed by atoms with Gasteiger partial charge in [0.25, 0.3) is 5.69 Å². The maximum absolute atomic E-state index is 10.8. The molecule has 0 spiro atoms. The summed E-state index contributed by atoms with van der Waals surface area (Å²) in [6.07, 6.45) is 2.17. The van der Waals surface area contributed by atoms with E-state index >= 15 is 0 Å². The molecule has 0 heterocycles. The maximum atomic E-state index is 10.8. The van der Waals surface area contributed by atoms with E-state index in [-0.39, 0.29) is 5.69 Å². The Hall–Kier alpha value is -2.75. The van der Waals surface area contributed by atoms with Gasteiger partial charge in [-0.25, -0.2) is 0 Å². The third kappa shape index (κ3) is 2.93. The monoisotopic (exact) mass is 253 g/mol. The fourth-order valence-corrected chi connectivity index (χ4v) is 1.81. The first-order valence-electron chi connectivity index (χ1n) is 5.68. The van der Waals surface area contributed by atoms with E-state index in [1.54, 1.807) is 12.1 Å². The van der Waals surface area contributed by atoms with Crippen LogP contribution >= 0.6 is 0 Å². The number of carbonyl (C=O) groups is 1. The summed E-state index contributed by atoms with van der Waals surface area (Å²) in [6.45, 7) is 0. The third-order valence-corrected chi connectivity index (χ3v) is 2.71. The minimum absolute atomic E-state index is 0.0299. The van der Waals surface area contributed by atoms with Gasteiger partial charge in [-0.05, 0) is 34.9 Å². The van der Waals surface area contributed by atoms with Gasteiger partial charge in [0, 0.05) is 12.1 Å². The van der Waals surface area contributed by atoms with Gasteiger partial charge >= 0.3 is 0 Å². The minimum Gasteiger partial charge on any atom is -0.299 e. The minimum atomic E-state index is -0.449. The Labute approximate surface area is 110 Å². The summed E-state index contributed by atoms with van der Waals surface area (Å²) in [4.78, 5) is 20.9. The first-order valence-corrected chi connectivity index (χ1v) is 5.68. The molecule has 0 saturated carbocycles. The van der Waals surface area contributed by atoms with Gasteiger partial charge in [-0.3, -0.25) is 14.9 Å². The summed E-state index contributed by atoms with van der Waals surface area (Å²) in [6, 6.07) is 15.5. The summed E-state index contributed by atoms with van der Waals surface area (Å²) in [5, 5.41) is 10.6. The van der Waals surface area contributed by atoms with Crippen molar-refractivity contribution >= 4 is 17.5 Å². The molecule has 4 heteroatoms. The zero-order chi connectivity index (χ0) is 13.7. The van der Waals surface area contributed by atoms with E-state index in [0.717, 1.165) is 16.7 Å². The van der Waals surface area contributed by atoms with Crippen LogP contribution in [-0.4, -0.2) is 11.2 Å². The van der Waals surface area contributed by atoms with Gasteiger partial charge in [0.2, 0.25) is 0 Å². The molecule has 0 aliphatic heterocycles. The molecule has 2 aromatic carbocycles. The first kappa shape index (κ1) is 12.7. The number of nitro groups is 1. The van der Waals surface area contributed by atoms with Crippen LogP contribution in [0.15, 0.2) is 60.7 Å². The van der Waals surface area contributed by atoms with Crippen molar-refractivity contribution in [1.82, 2.24) is 0 Å². The number of nitrogens with zero attached hydrogens (tertiary/aromatic N) is 1. The molecule has 19 heavy (non-hydrogen) atoms. The maximum Gasteiger partial charge on any atom is 0.269 e. The molecule has 0 aliphatic carbocycles. The van der Waals surface area contributed by atoms with E-state index in [0.29, 0.717) is 6.29 Å². The first-order chi connectivity index (χ1) is 9.22. The molecule has 0 unspecified atom stereocenters. The predicted octanol–water partition coefficient (Wildman–Crippen LogP) is 3.23. The Kier molecular flexibility index (Phi) is 3.83. The van der Waals surface area contributed by atoms with Gasteiger partial charge in [-0.15, -0.1) is 0 Å². The van der Waals surface area contributed by atoms with Crippen molar-refractivity contribution in [2.45, 2.75) is 0 Å². The van der Waals surface area contributed by atoms with Crippen LogP contribution < -0.4 is 0 Å². The number of allylic oxidation sites excluding steroid dienone is 1. The fourth-order valence-electron chi connectivity index (χ4n) is 1.81. The highest BCUT2D eigenvalue weighted by atomic mass is 16.6. The fraction of sp³-hybridized carbons (Fsp3) is 0. The van der Waals surface area contributed by atoms with Crippen molar-refractivity contribution in [2.75, 3.05) is 0 Å². The lowest BCUT2D eigenvalue weighted by molar-refractivity contribution is -0.384. The number of hydrogen-bond donors (Lipinski definition) is 0. The van der Waals surface area contributed by atoms with Crippen LogP contribution in [0.2, 0.25) is 0 Å². The van der Waals surface area contributed by atoms with Gasteiger partial charge in [-0.2, -0.15) is 0 Å². The van der Waals surface area contributed by atoms with Gasteiger partial charge in [0.15, 0.2) is 0 Å². The van der Waals surface area contributed by atoms with Crippen molar-refractivity contribution in [3.8, 4) is 0 Å². The van der Waals surface area contributed by atoms with Crippen molar-refractivity contribution in [2.24, 2.45) is 0 Å². The summed E-state index contributed by atoms with van der Waals surface area (Å²) >= 11 is 0. The lowest BCUT2D eigenvalue weighted by Crippen LogP contribution is -1.91. The summed E-state index contributed by atoms with van der Waals surface area (Å²) in [7, 11) is 0. The molecule has 0 radical (unpaired) electrons. The average molecular weight is 253 g/mol. The van der Waals surface area contributed by atoms with E-state index in [2.05, 4.69) is 0 Å². The van der Waals surface area contributed by atoms with E-state index in [4.69, 9.17) is 0 Å². The molecular formula is C15H11NO3. The number of aldehydes is 1. The number of carbonyl (C=O) groups excluding carboxylic acids is 1. The highest BCUT2D eigenvalue weighted by molar-refractivity contribution is 5.89. The lowest BCUT2D eigenvalue weighted by Gasteiger charge is -2.06. The number of hydrogen-bond acceptors (Lipinski definition) is 3. The van der Waals surface area contributed by atoms with Crippen LogP contribution in [0.25, 0.3) is 5.57 Å². The van der Waals surface area contributed by atoms with Crippen molar-refractivity contribution in [3.63, 3.8) is 0 Å². The van der Waals surface area contributed by atoms with Crippen LogP contribution in [0.4, 0.5) is 5.69 Å². The predicted molar refractivity (Wildman–Crippen MR) is 72.7 cm³/mol. The van der Waals surface area contributed by atoms with Crippen LogP contribution in [-0.2, 0) is 4.79 Å². The number of benzene rings is 2. The molecule has 0 saturated heterocycles. The Morgan fingerprint density at radius 1 is 0.947 bits per heavy atom. The van der Waals surface area contributed by atoms with Gasteiger partial charge in [0.05, 0.1) is 4.92 Å². The van der Waals surface area contributed by atoms with Gasteiger partial charge in [-0.1, -0.05) is 30.3 Å². The third-order valence-electron chi connectivity index (χ3n) is 2.71. The molecule has 2 rings (SSSR count). The van der Waals surface area contributed by atoms with E-state index in [1.807, 2.05) is 30.3 Å². The average Bonchev–Trinajstić information content (AvgIpc) is 2.46. The topological polar surface area (TPSA) is 60.2 Å². The number of nitro benzene ring substituents is 1. The Morgan fingerprint density at radius 2 is 1.53 bits per heavy atom. The van der Waals surface area contributed by atoms with E-state index < -0.39 is 4.92 Å². The Bertz CT molecular complexity index is 616. The second kappa shape index (κ2) is 5.73. The smallest absolute Gasteiger partial charge is 0.269 e. The van der Waals surface area contributed by atoms with Crippen LogP contribution in [0.1, 0.15) is 11.1 Å². The SMILES string of the molecule is O=C/C=C(\c1ccccc1)c1ccc([N+](=O)[O-])cc1. The second-order valence-electron chi connectivity index (χ2n) is 3.89. The summed E-state index contributed by atoms with van der Waals surface area (Å²) in [5.41, 5.74) is 2.43. The quantitative estimate of drug-likeness (QED) is 0.364. The highest BCUT2D eigenvalue weighted by Gasteiger charge is 2.08. The summed E-state index contributed by atoms with van der Waals surface area (Å²) in [5.74, 6) is 0. The number of non-ortho nitro benzene ring substituents is 1. The standard InChI is InChI=1S/C15H11NO3/c17-11-10-15(12-4-2-1-3-5-12)13-6-8-14(9-7-13)16(18)19/h1-11H/b15-10+. The molecule has 94 valence electrons. The largest absolute Gasteiger partial charge is 0.299 e. The van der Waals surface area contributed by atoms with E-state index in [1.165, 1.54) is 18.2 Å². The normalized spacial score (nSPS) is 11.1. The van der Waals surface area contributed by atoms with Gasteiger partial charge in [0.1, 0.15) is 6.29 Å². The summed E-state index contributed by atoms with van der Waals surface area (Å²) < 4.78 is 0. The Morgan fingerprint density at radius 3 is 2.05 bits per heavy atom. The van der Waals surface area contributed by atoms with Crippen LogP contribution in [0, 0.1) is 10.1 Å². The molecule has 0 aromatic heterocycles. The number of rotatable bonds is 4. The molecular weight excluding hydrogens is 242 g/mol. The Balaban J connectivity index is 2.43. The van der Waals surface area contributed by atoms with Crippen LogP contribution in [0.3, 0.4) is 0 Å². The molecule has 0 aliphatic rings. The lowest BCUT2D eigenvalue weighted by atomic mass is 9.97. The van der Waals surface area contributed by atoms with Crippen molar-refractivity contribution < 1.29 is 9.72 Å². The van der Waals surface area contributed by atoms with Crippen molar-refractivity contribution in [1.29, 1.82) is 0 Å². The van der Waals surface area contributed by atoms with Gasteiger partial charge < -0.3 is 0 Å². The highest BCUT2D eigenvalue weighted by Crippen LogP contribution is 2.24. The molecule has 0 atom stereocenters. The van der Waals surface area contributed by atoms with E-state index in [9.17, 15) is 14.9 Å². The second-order valence-corrected chi connectivity index (χ2v) is 3.89. The van der Waals surface area contributed by atoms with Crippen LogP contribution in [0.5, 0.6) is 0 Å². The van der Waals surface area contributed by atoms with Crippen molar-refractivity contribution in [3.05, 3.63) is 81.9 Å². The molecule has 0 bridgehead atoms. The molecule has 4 nitrogen and oxygen atoms in total. The molecule has 0 fully saturated rings. The molecule has 2 aromatic rings. The zero-order valence-electron chi connectivity index (χ0n) is 10.0. The molecule has 0 amide bonds. The molecule has 0 N–H and O–H groups in total.